The molecule has 3 heterocycles. The summed E-state index contributed by atoms with van der Waals surface area (Å²) in [7, 11) is 0. The Balaban J connectivity index is 1.52. The number of hydrogen-bond donors (Lipinski definition) is 1. The lowest BCUT2D eigenvalue weighted by molar-refractivity contribution is -0.121. The van der Waals surface area contributed by atoms with Crippen LogP contribution in [0.15, 0.2) is 26.0 Å². The lowest BCUT2D eigenvalue weighted by atomic mass is 9.98. The minimum atomic E-state index is -0.369. The molecule has 1 fully saturated rings. The summed E-state index contributed by atoms with van der Waals surface area (Å²) in [5.41, 5.74) is 4.29. The summed E-state index contributed by atoms with van der Waals surface area (Å²) >= 11 is 0. The Morgan fingerprint density at radius 1 is 1.20 bits per heavy atom. The van der Waals surface area contributed by atoms with E-state index in [2.05, 4.69) is 17.1 Å². The Hall–Kier alpha value is -2.60. The van der Waals surface area contributed by atoms with Crippen molar-refractivity contribution < 1.29 is 13.6 Å². The molecule has 1 aliphatic heterocycles. The van der Waals surface area contributed by atoms with E-state index in [-0.39, 0.29) is 18.0 Å². The Morgan fingerprint density at radius 3 is 2.77 bits per heavy atom. The Bertz CT molecular complexity index is 1160. The largest absolute Gasteiger partial charge is 0.464 e. The molecule has 160 valence electrons. The van der Waals surface area contributed by atoms with Crippen molar-refractivity contribution in [1.82, 2.24) is 10.2 Å². The number of likely N-dealkylation sites (tertiary alicyclic amines) is 1. The molecule has 1 aromatic carbocycles. The number of amides is 1. The second kappa shape index (κ2) is 8.26. The highest BCUT2D eigenvalue weighted by atomic mass is 16.4. The molecular weight excluding hydrogens is 380 g/mol. The van der Waals surface area contributed by atoms with Crippen molar-refractivity contribution in [2.45, 2.75) is 59.4 Å². The third-order valence-corrected chi connectivity index (χ3v) is 6.58. The monoisotopic (exact) mass is 410 g/mol. The third-order valence-electron chi connectivity index (χ3n) is 6.58. The zero-order chi connectivity index (χ0) is 21.4. The summed E-state index contributed by atoms with van der Waals surface area (Å²) in [6, 6.07) is 2.45. The van der Waals surface area contributed by atoms with Crippen molar-refractivity contribution in [2.75, 3.05) is 19.6 Å². The molecule has 2 aromatic heterocycles. The molecule has 1 atom stereocenters. The average Bonchev–Trinajstić information content (AvgIpc) is 3.34. The molecule has 0 radical (unpaired) electrons. The van der Waals surface area contributed by atoms with Crippen molar-refractivity contribution in [2.24, 2.45) is 0 Å². The summed E-state index contributed by atoms with van der Waals surface area (Å²) in [6.45, 7) is 10.8. The number of rotatable bonds is 6. The van der Waals surface area contributed by atoms with Gasteiger partial charge in [-0.2, -0.15) is 0 Å². The summed E-state index contributed by atoms with van der Waals surface area (Å²) in [6.07, 6.45) is 4.69. The van der Waals surface area contributed by atoms with Crippen LogP contribution in [0.1, 0.15) is 48.4 Å². The van der Waals surface area contributed by atoms with Gasteiger partial charge >= 0.3 is 5.63 Å². The van der Waals surface area contributed by atoms with Crippen molar-refractivity contribution >= 4 is 27.8 Å². The van der Waals surface area contributed by atoms with Crippen LogP contribution < -0.4 is 10.9 Å². The molecule has 4 rings (SSSR count). The van der Waals surface area contributed by atoms with E-state index in [1.54, 1.807) is 6.26 Å². The minimum absolute atomic E-state index is 0.0193. The quantitative estimate of drug-likeness (QED) is 0.622. The van der Waals surface area contributed by atoms with E-state index in [0.717, 1.165) is 52.6 Å². The summed E-state index contributed by atoms with van der Waals surface area (Å²) in [5, 5.41) is 4.98. The van der Waals surface area contributed by atoms with E-state index in [0.29, 0.717) is 30.2 Å². The number of fused-ring (bicyclic) bond motifs is 2. The molecule has 0 spiro atoms. The van der Waals surface area contributed by atoms with Crippen molar-refractivity contribution in [1.29, 1.82) is 0 Å². The third kappa shape index (κ3) is 3.65. The molecule has 1 N–H and O–H groups in total. The Kier molecular flexibility index (Phi) is 5.69. The number of furan rings is 1. The second-order valence-corrected chi connectivity index (χ2v) is 8.40. The van der Waals surface area contributed by atoms with Gasteiger partial charge in [0.2, 0.25) is 5.91 Å². The van der Waals surface area contributed by atoms with Crippen LogP contribution in [0.4, 0.5) is 0 Å². The number of carbonyl (C=O) groups is 1. The second-order valence-electron chi connectivity index (χ2n) is 8.40. The molecular formula is C24H30N2O4. The maximum Gasteiger partial charge on any atom is 0.339 e. The molecule has 30 heavy (non-hydrogen) atoms. The topological polar surface area (TPSA) is 75.7 Å². The van der Waals surface area contributed by atoms with Crippen molar-refractivity contribution in [3.05, 3.63) is 45.0 Å². The maximum atomic E-state index is 12.7. The summed E-state index contributed by atoms with van der Waals surface area (Å²) < 4.78 is 11.3. The van der Waals surface area contributed by atoms with E-state index in [1.807, 2.05) is 26.8 Å². The van der Waals surface area contributed by atoms with Gasteiger partial charge in [-0.25, -0.2) is 4.79 Å². The molecule has 0 bridgehead atoms. The zero-order valence-electron chi connectivity index (χ0n) is 18.3. The first kappa shape index (κ1) is 20.7. The molecule has 0 unspecified atom stereocenters. The Morgan fingerprint density at radius 2 is 2.00 bits per heavy atom. The van der Waals surface area contributed by atoms with Crippen LogP contribution in [0.3, 0.4) is 0 Å². The van der Waals surface area contributed by atoms with Crippen LogP contribution in [0, 0.1) is 20.8 Å². The smallest absolute Gasteiger partial charge is 0.339 e. The number of benzene rings is 1. The predicted molar refractivity (Wildman–Crippen MR) is 118 cm³/mol. The van der Waals surface area contributed by atoms with Gasteiger partial charge in [0, 0.05) is 40.9 Å². The molecule has 1 saturated heterocycles. The highest BCUT2D eigenvalue weighted by molar-refractivity contribution is 5.99. The van der Waals surface area contributed by atoms with E-state index >= 15 is 0 Å². The van der Waals surface area contributed by atoms with E-state index in [4.69, 9.17) is 8.83 Å². The highest BCUT2D eigenvalue weighted by Crippen LogP contribution is 2.32. The van der Waals surface area contributed by atoms with Gasteiger partial charge in [0.25, 0.3) is 0 Å². The van der Waals surface area contributed by atoms with Crippen molar-refractivity contribution in [3.8, 4) is 0 Å². The van der Waals surface area contributed by atoms with Gasteiger partial charge in [-0.15, -0.1) is 0 Å². The SMILES string of the molecule is CCN1CCC[C@@H]1CNC(=O)CCc1c(C)c2cc3c(C)coc3c(C)c2oc1=O. The highest BCUT2D eigenvalue weighted by Gasteiger charge is 2.23. The van der Waals surface area contributed by atoms with Crippen LogP contribution in [-0.2, 0) is 11.2 Å². The molecule has 0 saturated carbocycles. The van der Waals surface area contributed by atoms with Gasteiger partial charge in [-0.1, -0.05) is 6.92 Å². The van der Waals surface area contributed by atoms with Crippen LogP contribution in [0.5, 0.6) is 0 Å². The van der Waals surface area contributed by atoms with E-state index < -0.39 is 0 Å². The molecule has 1 aliphatic rings. The molecule has 1 amide bonds. The molecule has 0 aliphatic carbocycles. The molecule has 6 heteroatoms. The molecule has 6 nitrogen and oxygen atoms in total. The standard InChI is InChI=1S/C24H30N2O4/c1-5-26-10-6-7-17(26)12-25-21(27)9-8-18-15(3)20-11-19-14(2)13-29-22(19)16(4)23(20)30-24(18)28/h11,13,17H,5-10,12H2,1-4H3,(H,25,27)/t17-/m1/s1. The van der Waals surface area contributed by atoms with Crippen LogP contribution in [0.2, 0.25) is 0 Å². The van der Waals surface area contributed by atoms with Gasteiger partial charge in [0.15, 0.2) is 0 Å². The average molecular weight is 411 g/mol. The van der Waals surface area contributed by atoms with Crippen LogP contribution >= 0.6 is 0 Å². The Labute approximate surface area is 176 Å². The van der Waals surface area contributed by atoms with Gasteiger partial charge in [0.1, 0.15) is 11.2 Å². The fourth-order valence-corrected chi connectivity index (χ4v) is 4.71. The lowest BCUT2D eigenvalue weighted by Gasteiger charge is -2.22. The predicted octanol–water partition coefficient (Wildman–Crippen LogP) is 4.00. The lowest BCUT2D eigenvalue weighted by Crippen LogP contribution is -2.40. The number of nitrogens with one attached hydrogen (secondary N) is 1. The number of likely N-dealkylation sites (N-methyl/N-ethyl adjacent to an activating group) is 1. The summed E-state index contributed by atoms with van der Waals surface area (Å²) in [4.78, 5) is 27.5. The van der Waals surface area contributed by atoms with E-state index in [9.17, 15) is 9.59 Å². The number of aryl methyl sites for hydroxylation is 3. The van der Waals surface area contributed by atoms with Gasteiger partial charge < -0.3 is 14.2 Å². The normalized spacial score (nSPS) is 17.3. The van der Waals surface area contributed by atoms with Crippen LogP contribution in [0.25, 0.3) is 21.9 Å². The number of hydrogen-bond acceptors (Lipinski definition) is 5. The fourth-order valence-electron chi connectivity index (χ4n) is 4.71. The van der Waals surface area contributed by atoms with Gasteiger partial charge in [-0.05, 0) is 70.3 Å². The minimum Gasteiger partial charge on any atom is -0.464 e. The summed E-state index contributed by atoms with van der Waals surface area (Å²) in [5.74, 6) is -0.0193. The number of carbonyl (C=O) groups excluding carboxylic acids is 1. The van der Waals surface area contributed by atoms with Gasteiger partial charge in [0.05, 0.1) is 6.26 Å². The zero-order valence-corrected chi connectivity index (χ0v) is 18.3. The van der Waals surface area contributed by atoms with Crippen molar-refractivity contribution in [3.63, 3.8) is 0 Å². The molecule has 3 aromatic rings. The first-order valence-corrected chi connectivity index (χ1v) is 10.8. The fraction of sp³-hybridized carbons (Fsp3) is 0.500. The maximum absolute atomic E-state index is 12.7. The van der Waals surface area contributed by atoms with Crippen LogP contribution in [-0.4, -0.2) is 36.5 Å². The first-order valence-electron chi connectivity index (χ1n) is 10.8. The number of nitrogens with zero attached hydrogens (tertiary/aromatic N) is 1. The van der Waals surface area contributed by atoms with Gasteiger partial charge in [-0.3, -0.25) is 9.69 Å². The first-order chi connectivity index (χ1) is 14.4. The van der Waals surface area contributed by atoms with E-state index in [1.165, 1.54) is 6.42 Å².